The minimum Gasteiger partial charge on any atom is -0.474 e. The number of hydrogen-bond acceptors (Lipinski definition) is 5. The van der Waals surface area contributed by atoms with Crippen molar-refractivity contribution in [1.82, 2.24) is 15.2 Å². The predicted molar refractivity (Wildman–Crippen MR) is 98.4 cm³/mol. The summed E-state index contributed by atoms with van der Waals surface area (Å²) in [5.41, 5.74) is -1.06. The van der Waals surface area contributed by atoms with Gasteiger partial charge in [-0.2, -0.15) is 13.2 Å². The summed E-state index contributed by atoms with van der Waals surface area (Å²) in [6.07, 6.45) is -4.81. The molecule has 29 heavy (non-hydrogen) atoms. The third-order valence-corrected chi connectivity index (χ3v) is 6.57. The maximum absolute atomic E-state index is 13.8. The van der Waals surface area contributed by atoms with Crippen LogP contribution in [0, 0.1) is 12.3 Å². The van der Waals surface area contributed by atoms with Crippen LogP contribution in [0.4, 0.5) is 18.0 Å². The number of pyridine rings is 1. The average Bonchev–Trinajstić information content (AvgIpc) is 2.96. The highest BCUT2D eigenvalue weighted by atomic mass is 32.1. The Morgan fingerprint density at radius 1 is 1.38 bits per heavy atom. The monoisotopic (exact) mass is 429 g/mol. The number of alkyl halides is 3. The number of rotatable bonds is 3. The minimum atomic E-state index is -4.62. The zero-order valence-corrected chi connectivity index (χ0v) is 16.4. The van der Waals surface area contributed by atoms with Crippen LogP contribution in [-0.2, 0) is 6.18 Å². The quantitative estimate of drug-likeness (QED) is 0.779. The van der Waals surface area contributed by atoms with Crippen LogP contribution in [0.15, 0.2) is 5.38 Å². The van der Waals surface area contributed by atoms with E-state index in [0.29, 0.717) is 25.9 Å². The van der Waals surface area contributed by atoms with Crippen molar-refractivity contribution in [2.45, 2.75) is 32.0 Å². The molecule has 1 spiro atoms. The van der Waals surface area contributed by atoms with Crippen LogP contribution in [0.1, 0.15) is 34.3 Å². The van der Waals surface area contributed by atoms with Gasteiger partial charge in [0.1, 0.15) is 6.10 Å². The first kappa shape index (κ1) is 19.7. The van der Waals surface area contributed by atoms with Crippen molar-refractivity contribution in [2.75, 3.05) is 20.1 Å². The van der Waals surface area contributed by atoms with Crippen LogP contribution in [0.2, 0.25) is 0 Å². The van der Waals surface area contributed by atoms with Gasteiger partial charge in [0.15, 0.2) is 0 Å². The summed E-state index contributed by atoms with van der Waals surface area (Å²) in [7, 11) is 1.40. The highest BCUT2D eigenvalue weighted by molar-refractivity contribution is 7.17. The number of thiophene rings is 1. The molecule has 2 N–H and O–H groups in total. The number of aromatic nitrogens is 1. The van der Waals surface area contributed by atoms with Crippen LogP contribution < -0.4 is 10.1 Å². The molecule has 2 amide bonds. The summed E-state index contributed by atoms with van der Waals surface area (Å²) >= 11 is 0.828. The van der Waals surface area contributed by atoms with Gasteiger partial charge in [-0.05, 0) is 19.8 Å². The molecule has 0 radical (unpaired) electrons. The van der Waals surface area contributed by atoms with Gasteiger partial charge < -0.3 is 20.1 Å². The zero-order chi connectivity index (χ0) is 21.1. The largest absolute Gasteiger partial charge is 0.474 e. The Labute approximate surface area is 167 Å². The van der Waals surface area contributed by atoms with E-state index >= 15 is 0 Å². The van der Waals surface area contributed by atoms with Crippen molar-refractivity contribution >= 4 is 33.6 Å². The number of carbonyl (C=O) groups is 2. The van der Waals surface area contributed by atoms with Crippen molar-refractivity contribution in [3.63, 3.8) is 0 Å². The van der Waals surface area contributed by atoms with Gasteiger partial charge in [0, 0.05) is 36.5 Å². The Balaban J connectivity index is 1.64. The summed E-state index contributed by atoms with van der Waals surface area (Å²) in [5.74, 6) is -0.653. The summed E-state index contributed by atoms with van der Waals surface area (Å²) in [6.45, 7) is 2.13. The molecule has 7 nitrogen and oxygen atoms in total. The van der Waals surface area contributed by atoms with Gasteiger partial charge in [0.25, 0.3) is 5.91 Å². The molecule has 2 aromatic rings. The molecule has 0 atom stereocenters. The molecule has 4 rings (SSSR count). The number of likely N-dealkylation sites (tertiary alicyclic amines) is 1. The fourth-order valence-electron chi connectivity index (χ4n) is 4.16. The van der Waals surface area contributed by atoms with Gasteiger partial charge in [-0.1, -0.05) is 0 Å². The molecule has 2 fully saturated rings. The molecule has 1 aliphatic heterocycles. The second kappa shape index (κ2) is 6.48. The van der Waals surface area contributed by atoms with E-state index in [1.54, 1.807) is 0 Å². The third-order valence-electron chi connectivity index (χ3n) is 5.58. The molecular formula is C18H18F3N3O4S. The Morgan fingerprint density at radius 3 is 2.59 bits per heavy atom. The Kier molecular flexibility index (Phi) is 4.41. The Morgan fingerprint density at radius 2 is 2.03 bits per heavy atom. The second-order valence-corrected chi connectivity index (χ2v) is 8.49. The zero-order valence-electron chi connectivity index (χ0n) is 15.6. The normalized spacial score (nSPS) is 18.4. The van der Waals surface area contributed by atoms with Crippen LogP contribution in [-0.4, -0.2) is 53.2 Å². The number of fused-ring (bicyclic) bond motifs is 1. The van der Waals surface area contributed by atoms with E-state index in [4.69, 9.17) is 9.84 Å². The van der Waals surface area contributed by atoms with Crippen molar-refractivity contribution in [2.24, 2.45) is 5.41 Å². The predicted octanol–water partition coefficient (Wildman–Crippen LogP) is 3.50. The van der Waals surface area contributed by atoms with Gasteiger partial charge in [-0.15, -0.1) is 11.3 Å². The fourth-order valence-corrected chi connectivity index (χ4v) is 5.27. The highest BCUT2D eigenvalue weighted by Crippen LogP contribution is 2.50. The second-order valence-electron chi connectivity index (χ2n) is 7.61. The minimum absolute atomic E-state index is 0.0305. The standard InChI is InChI=1S/C18H18F3N3O4S/c1-8-11(18(19,20)21)13-12(10(5-29-13)14(25)22-2)23-15(8)28-9-3-17(4-9)6-24(7-17)16(26)27/h5,9H,3-4,6-7H2,1-2H3,(H,22,25)(H,26,27). The lowest BCUT2D eigenvalue weighted by molar-refractivity contribution is -0.137. The van der Waals surface area contributed by atoms with E-state index in [-0.39, 0.29) is 38.7 Å². The van der Waals surface area contributed by atoms with Crippen LogP contribution in [0.5, 0.6) is 5.88 Å². The molecule has 11 heteroatoms. The van der Waals surface area contributed by atoms with E-state index in [1.165, 1.54) is 24.3 Å². The van der Waals surface area contributed by atoms with Crippen molar-refractivity contribution in [1.29, 1.82) is 0 Å². The lowest BCUT2D eigenvalue weighted by Gasteiger charge is -2.57. The third kappa shape index (κ3) is 3.17. The van der Waals surface area contributed by atoms with E-state index in [1.807, 2.05) is 0 Å². The lowest BCUT2D eigenvalue weighted by atomic mass is 9.62. The first-order valence-electron chi connectivity index (χ1n) is 8.90. The molecular weight excluding hydrogens is 411 g/mol. The molecule has 0 unspecified atom stereocenters. The number of carbonyl (C=O) groups excluding carboxylic acids is 1. The van der Waals surface area contributed by atoms with Crippen LogP contribution in [0.3, 0.4) is 0 Å². The number of carboxylic acid groups (broad SMARTS) is 1. The van der Waals surface area contributed by atoms with Gasteiger partial charge in [-0.25, -0.2) is 9.78 Å². The maximum Gasteiger partial charge on any atom is 0.418 e. The maximum atomic E-state index is 13.8. The number of halogens is 3. The molecule has 0 aromatic carbocycles. The molecule has 1 saturated carbocycles. The fraction of sp³-hybridized carbons (Fsp3) is 0.500. The number of nitrogens with zero attached hydrogens (tertiary/aromatic N) is 2. The topological polar surface area (TPSA) is 91.8 Å². The van der Waals surface area contributed by atoms with Crippen molar-refractivity contribution < 1.29 is 32.6 Å². The van der Waals surface area contributed by atoms with Crippen molar-refractivity contribution in [3.8, 4) is 5.88 Å². The summed E-state index contributed by atoms with van der Waals surface area (Å²) in [4.78, 5) is 28.5. The molecule has 0 bridgehead atoms. The smallest absolute Gasteiger partial charge is 0.418 e. The summed E-state index contributed by atoms with van der Waals surface area (Å²) < 4.78 is 46.9. The van der Waals surface area contributed by atoms with E-state index in [0.717, 1.165) is 11.3 Å². The Bertz CT molecular complexity index is 1010. The van der Waals surface area contributed by atoms with Crippen LogP contribution >= 0.6 is 11.3 Å². The number of nitrogens with one attached hydrogen (secondary N) is 1. The Hall–Kier alpha value is -2.56. The van der Waals surface area contributed by atoms with Gasteiger partial charge in [0.2, 0.25) is 5.88 Å². The molecule has 2 aromatic heterocycles. The first-order valence-corrected chi connectivity index (χ1v) is 9.78. The van der Waals surface area contributed by atoms with Gasteiger partial charge >= 0.3 is 12.3 Å². The number of hydrogen-bond donors (Lipinski definition) is 2. The van der Waals surface area contributed by atoms with E-state index in [2.05, 4.69) is 10.3 Å². The molecule has 1 aliphatic carbocycles. The molecule has 3 heterocycles. The van der Waals surface area contributed by atoms with Gasteiger partial charge in [0.05, 0.1) is 21.3 Å². The molecule has 156 valence electrons. The van der Waals surface area contributed by atoms with Crippen LogP contribution in [0.25, 0.3) is 10.2 Å². The lowest BCUT2D eigenvalue weighted by Crippen LogP contribution is -2.65. The first-order chi connectivity index (χ1) is 13.5. The number of ether oxygens (including phenoxy) is 1. The highest BCUT2D eigenvalue weighted by Gasteiger charge is 2.55. The summed E-state index contributed by atoms with van der Waals surface area (Å²) in [5, 5.41) is 12.7. The van der Waals surface area contributed by atoms with Gasteiger partial charge in [-0.3, -0.25) is 4.79 Å². The molecule has 2 aliphatic rings. The SMILES string of the molecule is CNC(=O)c1csc2c(C(F)(F)F)c(C)c(OC3CC4(C3)CN(C(=O)O)C4)nc12. The van der Waals surface area contributed by atoms with E-state index in [9.17, 15) is 22.8 Å². The molecule has 1 saturated heterocycles. The van der Waals surface area contributed by atoms with Crippen molar-refractivity contribution in [3.05, 3.63) is 22.1 Å². The summed E-state index contributed by atoms with van der Waals surface area (Å²) in [6, 6.07) is 0. The number of amides is 2. The average molecular weight is 429 g/mol. The van der Waals surface area contributed by atoms with E-state index < -0.39 is 23.7 Å².